The van der Waals surface area contributed by atoms with Crippen LogP contribution in [0.5, 0.6) is 0 Å². The van der Waals surface area contributed by atoms with Crippen LogP contribution in [0.25, 0.3) is 0 Å². The second kappa shape index (κ2) is 22.5. The van der Waals surface area contributed by atoms with Gasteiger partial charge in [0.05, 0.1) is 76.4 Å². The molecule has 0 bridgehead atoms. The first kappa shape index (κ1) is 45.3. The van der Waals surface area contributed by atoms with Crippen LogP contribution in [0.15, 0.2) is 97.1 Å². The quantitative estimate of drug-likeness (QED) is 0.0966. The standard InChI is InChI=1S/C44H42O16/c1-53-41(49)31-17-9-5-13-27(31)21-37(45)57-25-35(59-39(47)23-29-15-7-11-19-33(29)43(51)55-3)36(60-40(48)24-30-16-8-12-20-34(30)44(52)56-4)26-58-38(46)22-28-14-6-10-18-32(28)42(50)54-2/h5-20,35-36H,21-26H2,1-4H3. The molecule has 0 aliphatic carbocycles. The molecule has 16 nitrogen and oxygen atoms in total. The van der Waals surface area contributed by atoms with Gasteiger partial charge in [-0.05, 0) is 46.5 Å². The molecular formula is C44H42O16. The molecule has 0 N–H and O–H groups in total. The summed E-state index contributed by atoms with van der Waals surface area (Å²) >= 11 is 0. The SMILES string of the molecule is COC(=O)c1ccccc1CC(=O)OCC(OC(=O)Cc1ccccc1C(=O)OC)C(COC(=O)Cc1ccccc1C(=O)OC)OC(=O)Cc1ccccc1C(=O)OC. The molecule has 4 aromatic rings. The Morgan fingerprint density at radius 1 is 0.367 bits per heavy atom. The van der Waals surface area contributed by atoms with Crippen LogP contribution in [0.1, 0.15) is 63.7 Å². The number of methoxy groups -OCH3 is 4. The number of hydrogen-bond donors (Lipinski definition) is 0. The van der Waals surface area contributed by atoms with E-state index in [1.54, 1.807) is 48.5 Å². The normalized spacial score (nSPS) is 11.5. The maximum absolute atomic E-state index is 13.6. The predicted molar refractivity (Wildman–Crippen MR) is 208 cm³/mol. The fraction of sp³-hybridized carbons (Fsp3) is 0.273. The lowest BCUT2D eigenvalue weighted by atomic mass is 10.0. The van der Waals surface area contributed by atoms with E-state index < -0.39 is 98.9 Å². The van der Waals surface area contributed by atoms with Crippen molar-refractivity contribution < 1.29 is 76.3 Å². The van der Waals surface area contributed by atoms with Crippen LogP contribution >= 0.6 is 0 Å². The minimum Gasteiger partial charge on any atom is -0.465 e. The van der Waals surface area contributed by atoms with E-state index in [-0.39, 0.29) is 44.5 Å². The number of esters is 8. The molecule has 2 atom stereocenters. The molecule has 0 spiro atoms. The molecule has 0 saturated heterocycles. The molecule has 314 valence electrons. The third-order valence-electron chi connectivity index (χ3n) is 8.83. The Morgan fingerprint density at radius 3 is 0.850 bits per heavy atom. The molecule has 4 aromatic carbocycles. The Morgan fingerprint density at radius 2 is 0.600 bits per heavy atom. The van der Waals surface area contributed by atoms with E-state index in [1.807, 2.05) is 0 Å². The van der Waals surface area contributed by atoms with Crippen molar-refractivity contribution in [3.8, 4) is 0 Å². The monoisotopic (exact) mass is 826 g/mol. The summed E-state index contributed by atoms with van der Waals surface area (Å²) in [5.41, 5.74) is 1.29. The number of benzene rings is 4. The topological polar surface area (TPSA) is 210 Å². The maximum atomic E-state index is 13.6. The Kier molecular flexibility index (Phi) is 17.0. The predicted octanol–water partition coefficient (Wildman–Crippen LogP) is 4.01. The summed E-state index contributed by atoms with van der Waals surface area (Å²) < 4.78 is 41.9. The number of hydrogen-bond acceptors (Lipinski definition) is 16. The highest BCUT2D eigenvalue weighted by Gasteiger charge is 2.33. The first-order valence-electron chi connectivity index (χ1n) is 18.2. The Bertz CT molecular complexity index is 2050. The maximum Gasteiger partial charge on any atom is 0.338 e. The zero-order valence-electron chi connectivity index (χ0n) is 33.2. The van der Waals surface area contributed by atoms with E-state index >= 15 is 0 Å². The molecule has 0 aliphatic rings. The molecule has 4 rings (SSSR count). The van der Waals surface area contributed by atoms with E-state index in [4.69, 9.17) is 37.9 Å². The molecule has 0 aliphatic heterocycles. The highest BCUT2D eigenvalue weighted by molar-refractivity contribution is 5.94. The molecule has 16 heteroatoms. The van der Waals surface area contributed by atoms with Crippen molar-refractivity contribution in [3.63, 3.8) is 0 Å². The minimum atomic E-state index is -1.66. The fourth-order valence-corrected chi connectivity index (χ4v) is 5.86. The molecule has 0 amide bonds. The summed E-state index contributed by atoms with van der Waals surface area (Å²) in [6, 6.07) is 24.4. The molecule has 0 heterocycles. The highest BCUT2D eigenvalue weighted by atomic mass is 16.6. The molecule has 0 saturated carbocycles. The summed E-state index contributed by atoms with van der Waals surface area (Å²) in [6.07, 6.45) is -5.17. The van der Waals surface area contributed by atoms with Crippen LogP contribution in [0.3, 0.4) is 0 Å². The lowest BCUT2D eigenvalue weighted by Crippen LogP contribution is -2.43. The number of carbonyl (C=O) groups is 8. The molecule has 0 aromatic heterocycles. The zero-order valence-corrected chi connectivity index (χ0v) is 33.2. The molecule has 0 radical (unpaired) electrons. The summed E-state index contributed by atoms with van der Waals surface area (Å²) in [5, 5.41) is 0. The summed E-state index contributed by atoms with van der Waals surface area (Å²) in [6.45, 7) is -1.52. The molecule has 60 heavy (non-hydrogen) atoms. The zero-order chi connectivity index (χ0) is 43.6. The molecule has 0 fully saturated rings. The van der Waals surface area contributed by atoms with Crippen LogP contribution in [0.4, 0.5) is 0 Å². The van der Waals surface area contributed by atoms with Gasteiger partial charge in [0.15, 0.2) is 12.2 Å². The van der Waals surface area contributed by atoms with E-state index in [0.29, 0.717) is 0 Å². The number of carbonyl (C=O) groups excluding carboxylic acids is 8. The first-order valence-corrected chi connectivity index (χ1v) is 18.2. The van der Waals surface area contributed by atoms with Crippen LogP contribution in [-0.2, 0) is 82.8 Å². The van der Waals surface area contributed by atoms with Gasteiger partial charge in [-0.3, -0.25) is 19.2 Å². The number of rotatable bonds is 19. The smallest absolute Gasteiger partial charge is 0.338 e. The van der Waals surface area contributed by atoms with E-state index in [9.17, 15) is 38.4 Å². The summed E-state index contributed by atoms with van der Waals surface area (Å²) in [5.74, 6) is -6.58. The van der Waals surface area contributed by atoms with Gasteiger partial charge in [0.2, 0.25) is 0 Å². The average molecular weight is 827 g/mol. The van der Waals surface area contributed by atoms with Gasteiger partial charge in [0.1, 0.15) is 13.2 Å². The largest absolute Gasteiger partial charge is 0.465 e. The van der Waals surface area contributed by atoms with Gasteiger partial charge in [0, 0.05) is 0 Å². The van der Waals surface area contributed by atoms with Crippen LogP contribution < -0.4 is 0 Å². The van der Waals surface area contributed by atoms with Crippen LogP contribution in [0, 0.1) is 0 Å². The fourth-order valence-electron chi connectivity index (χ4n) is 5.86. The van der Waals surface area contributed by atoms with Crippen molar-refractivity contribution in [3.05, 3.63) is 142 Å². The lowest BCUT2D eigenvalue weighted by Gasteiger charge is -2.27. The first-order chi connectivity index (χ1) is 28.9. The van der Waals surface area contributed by atoms with E-state index in [1.165, 1.54) is 77.0 Å². The van der Waals surface area contributed by atoms with E-state index in [2.05, 4.69) is 0 Å². The second-order valence-corrected chi connectivity index (χ2v) is 12.7. The third kappa shape index (κ3) is 12.8. The number of ether oxygens (including phenoxy) is 8. The second-order valence-electron chi connectivity index (χ2n) is 12.7. The van der Waals surface area contributed by atoms with E-state index in [0.717, 1.165) is 0 Å². The average Bonchev–Trinajstić information content (AvgIpc) is 3.26. The van der Waals surface area contributed by atoms with Gasteiger partial charge in [-0.15, -0.1) is 0 Å². The van der Waals surface area contributed by atoms with Crippen molar-refractivity contribution in [2.45, 2.75) is 37.9 Å². The van der Waals surface area contributed by atoms with Gasteiger partial charge in [-0.1, -0.05) is 72.8 Å². The van der Waals surface area contributed by atoms with Gasteiger partial charge in [0.25, 0.3) is 0 Å². The molecule has 2 unspecified atom stereocenters. The lowest BCUT2D eigenvalue weighted by molar-refractivity contribution is -0.181. The van der Waals surface area contributed by atoms with Crippen molar-refractivity contribution >= 4 is 47.8 Å². The highest BCUT2D eigenvalue weighted by Crippen LogP contribution is 2.19. The van der Waals surface area contributed by atoms with Gasteiger partial charge >= 0.3 is 47.8 Å². The van der Waals surface area contributed by atoms with Crippen molar-refractivity contribution in [1.29, 1.82) is 0 Å². The van der Waals surface area contributed by atoms with Gasteiger partial charge in [-0.2, -0.15) is 0 Å². The minimum absolute atomic E-state index is 0.0672. The third-order valence-corrected chi connectivity index (χ3v) is 8.83. The van der Waals surface area contributed by atoms with Gasteiger partial charge in [-0.25, -0.2) is 19.2 Å². The van der Waals surface area contributed by atoms with Crippen molar-refractivity contribution in [1.82, 2.24) is 0 Å². The Hall–Kier alpha value is -7.36. The molecular weight excluding hydrogens is 784 g/mol. The Balaban J connectivity index is 1.67. The van der Waals surface area contributed by atoms with Crippen LogP contribution in [0.2, 0.25) is 0 Å². The van der Waals surface area contributed by atoms with Crippen molar-refractivity contribution in [2.75, 3.05) is 41.7 Å². The van der Waals surface area contributed by atoms with Crippen LogP contribution in [-0.4, -0.2) is 102 Å². The van der Waals surface area contributed by atoms with Gasteiger partial charge < -0.3 is 37.9 Å². The van der Waals surface area contributed by atoms with Crippen molar-refractivity contribution in [2.24, 2.45) is 0 Å². The Labute approximate surface area is 344 Å². The summed E-state index contributed by atoms with van der Waals surface area (Å²) in [7, 11) is 4.70. The summed E-state index contributed by atoms with van der Waals surface area (Å²) in [4.78, 5) is 103.